The van der Waals surface area contributed by atoms with Gasteiger partial charge in [0.15, 0.2) is 0 Å². The summed E-state index contributed by atoms with van der Waals surface area (Å²) in [6.45, 7) is 3.95. The first kappa shape index (κ1) is 15.3. The van der Waals surface area contributed by atoms with E-state index in [1.807, 2.05) is 13.0 Å². The number of nitrogens with zero attached hydrogens (tertiary/aromatic N) is 1. The van der Waals surface area contributed by atoms with Crippen LogP contribution in [0.2, 0.25) is 0 Å². The lowest BCUT2D eigenvalue weighted by molar-refractivity contribution is -0.136. The Morgan fingerprint density at radius 1 is 1.48 bits per heavy atom. The molecule has 21 heavy (non-hydrogen) atoms. The zero-order valence-electron chi connectivity index (χ0n) is 12.3. The fraction of sp³-hybridized carbons (Fsp3) is 0.467. The molecule has 0 radical (unpaired) electrons. The molecule has 6 nitrogen and oxygen atoms in total. The molecule has 1 fully saturated rings. The summed E-state index contributed by atoms with van der Waals surface area (Å²) in [4.78, 5) is 25.3. The average molecular weight is 292 g/mol. The predicted molar refractivity (Wildman–Crippen MR) is 78.3 cm³/mol. The van der Waals surface area contributed by atoms with Gasteiger partial charge in [0.25, 0.3) is 0 Å². The molecule has 1 aliphatic rings. The van der Waals surface area contributed by atoms with E-state index in [4.69, 9.17) is 4.74 Å². The average Bonchev–Trinajstić information content (AvgIpc) is 2.52. The summed E-state index contributed by atoms with van der Waals surface area (Å²) in [5.41, 5.74) is 1.17. The van der Waals surface area contributed by atoms with E-state index in [0.717, 1.165) is 0 Å². The third kappa shape index (κ3) is 4.19. The Bertz CT molecular complexity index is 518. The van der Waals surface area contributed by atoms with Gasteiger partial charge < -0.3 is 19.7 Å². The highest BCUT2D eigenvalue weighted by molar-refractivity contribution is 5.90. The molecule has 0 aromatic heterocycles. The highest BCUT2D eigenvalue weighted by atomic mass is 16.5. The molecule has 1 aromatic rings. The van der Waals surface area contributed by atoms with Gasteiger partial charge in [-0.3, -0.25) is 4.79 Å². The topological polar surface area (TPSA) is 67.9 Å². The van der Waals surface area contributed by atoms with Crippen molar-refractivity contribution in [2.45, 2.75) is 13.0 Å². The van der Waals surface area contributed by atoms with Gasteiger partial charge in [-0.1, -0.05) is 6.07 Å². The van der Waals surface area contributed by atoms with Crippen molar-refractivity contribution in [3.63, 3.8) is 0 Å². The van der Waals surface area contributed by atoms with Gasteiger partial charge >= 0.3 is 5.97 Å². The van der Waals surface area contributed by atoms with Crippen LogP contribution in [0.25, 0.3) is 0 Å². The Balaban J connectivity index is 1.90. The zero-order valence-corrected chi connectivity index (χ0v) is 12.3. The van der Waals surface area contributed by atoms with Crippen LogP contribution < -0.4 is 5.32 Å². The number of nitrogens with one attached hydrogen (secondary N) is 1. The molecule has 1 aliphatic heterocycles. The van der Waals surface area contributed by atoms with E-state index < -0.39 is 5.97 Å². The fourth-order valence-electron chi connectivity index (χ4n) is 2.21. The van der Waals surface area contributed by atoms with Gasteiger partial charge in [0.2, 0.25) is 5.91 Å². The van der Waals surface area contributed by atoms with Crippen LogP contribution in [0.4, 0.5) is 5.69 Å². The SMILES string of the molecule is COC(=O)c1cccc(NCC(=O)N2CCOC(C)C2)c1. The molecular formula is C15H20N2O4. The van der Waals surface area contributed by atoms with Crippen molar-refractivity contribution < 1.29 is 19.1 Å². The number of morpholine rings is 1. The lowest BCUT2D eigenvalue weighted by Crippen LogP contribution is -2.46. The summed E-state index contributed by atoms with van der Waals surface area (Å²) < 4.78 is 10.1. The van der Waals surface area contributed by atoms with Crippen LogP contribution in [-0.2, 0) is 14.3 Å². The molecule has 1 aromatic carbocycles. The monoisotopic (exact) mass is 292 g/mol. The quantitative estimate of drug-likeness (QED) is 0.843. The molecular weight excluding hydrogens is 272 g/mol. The normalized spacial score (nSPS) is 18.2. The summed E-state index contributed by atoms with van der Waals surface area (Å²) in [6.07, 6.45) is 0.0744. The largest absolute Gasteiger partial charge is 0.465 e. The van der Waals surface area contributed by atoms with E-state index in [1.165, 1.54) is 7.11 Å². The molecule has 1 heterocycles. The van der Waals surface area contributed by atoms with Gasteiger partial charge in [-0.25, -0.2) is 4.79 Å². The molecule has 0 bridgehead atoms. The Hall–Kier alpha value is -2.08. The van der Waals surface area contributed by atoms with Crippen molar-refractivity contribution in [1.29, 1.82) is 0 Å². The van der Waals surface area contributed by atoms with E-state index in [-0.39, 0.29) is 18.6 Å². The van der Waals surface area contributed by atoms with Crippen molar-refractivity contribution in [3.8, 4) is 0 Å². The van der Waals surface area contributed by atoms with Crippen LogP contribution >= 0.6 is 0 Å². The first-order valence-electron chi connectivity index (χ1n) is 6.92. The molecule has 1 N–H and O–H groups in total. The van der Waals surface area contributed by atoms with Crippen molar-refractivity contribution in [2.75, 3.05) is 38.7 Å². The molecule has 2 rings (SSSR count). The zero-order chi connectivity index (χ0) is 15.2. The Morgan fingerprint density at radius 3 is 3.00 bits per heavy atom. The molecule has 0 saturated carbocycles. The number of esters is 1. The van der Waals surface area contributed by atoms with E-state index in [0.29, 0.717) is 30.9 Å². The summed E-state index contributed by atoms with van der Waals surface area (Å²) in [7, 11) is 1.34. The lowest BCUT2D eigenvalue weighted by Gasteiger charge is -2.31. The van der Waals surface area contributed by atoms with Crippen LogP contribution in [0.15, 0.2) is 24.3 Å². The number of hydrogen-bond acceptors (Lipinski definition) is 5. The second kappa shape index (κ2) is 7.08. The summed E-state index contributed by atoms with van der Waals surface area (Å²) in [5, 5.41) is 3.04. The lowest BCUT2D eigenvalue weighted by atomic mass is 10.2. The van der Waals surface area contributed by atoms with Crippen molar-refractivity contribution in [2.24, 2.45) is 0 Å². The van der Waals surface area contributed by atoms with E-state index in [1.54, 1.807) is 23.1 Å². The van der Waals surface area contributed by atoms with Crippen LogP contribution in [-0.4, -0.2) is 56.2 Å². The second-order valence-corrected chi connectivity index (χ2v) is 4.95. The number of hydrogen-bond donors (Lipinski definition) is 1. The van der Waals surface area contributed by atoms with Crippen molar-refractivity contribution in [1.82, 2.24) is 4.90 Å². The van der Waals surface area contributed by atoms with Crippen molar-refractivity contribution in [3.05, 3.63) is 29.8 Å². The number of methoxy groups -OCH3 is 1. The minimum atomic E-state index is -0.396. The first-order chi connectivity index (χ1) is 10.1. The predicted octanol–water partition coefficient (Wildman–Crippen LogP) is 1.13. The van der Waals surface area contributed by atoms with E-state index >= 15 is 0 Å². The second-order valence-electron chi connectivity index (χ2n) is 4.95. The van der Waals surface area contributed by atoms with Gasteiger partial charge in [-0.2, -0.15) is 0 Å². The van der Waals surface area contributed by atoms with Crippen LogP contribution in [0.5, 0.6) is 0 Å². The van der Waals surface area contributed by atoms with E-state index in [9.17, 15) is 9.59 Å². The summed E-state index contributed by atoms with van der Waals surface area (Å²) in [6, 6.07) is 6.89. The Kier molecular flexibility index (Phi) is 5.16. The van der Waals surface area contributed by atoms with Crippen LogP contribution in [0, 0.1) is 0 Å². The van der Waals surface area contributed by atoms with Gasteiger partial charge in [0.05, 0.1) is 31.9 Å². The molecule has 114 valence electrons. The van der Waals surface area contributed by atoms with E-state index in [2.05, 4.69) is 10.1 Å². The van der Waals surface area contributed by atoms with Crippen LogP contribution in [0.1, 0.15) is 17.3 Å². The maximum Gasteiger partial charge on any atom is 0.337 e. The number of anilines is 1. The van der Waals surface area contributed by atoms with Gasteiger partial charge in [0.1, 0.15) is 0 Å². The molecule has 6 heteroatoms. The smallest absolute Gasteiger partial charge is 0.337 e. The number of amides is 1. The molecule has 0 aliphatic carbocycles. The first-order valence-corrected chi connectivity index (χ1v) is 6.92. The molecule has 1 atom stereocenters. The number of rotatable bonds is 4. The molecule has 1 amide bonds. The van der Waals surface area contributed by atoms with Crippen LogP contribution in [0.3, 0.4) is 0 Å². The number of carbonyl (C=O) groups excluding carboxylic acids is 2. The third-order valence-electron chi connectivity index (χ3n) is 3.32. The third-order valence-corrected chi connectivity index (χ3v) is 3.32. The highest BCUT2D eigenvalue weighted by Crippen LogP contribution is 2.12. The maximum atomic E-state index is 12.1. The summed E-state index contributed by atoms with van der Waals surface area (Å²) in [5.74, 6) is -0.374. The minimum Gasteiger partial charge on any atom is -0.465 e. The van der Waals surface area contributed by atoms with Gasteiger partial charge in [0, 0.05) is 18.8 Å². The summed E-state index contributed by atoms with van der Waals surface area (Å²) >= 11 is 0. The van der Waals surface area contributed by atoms with Gasteiger partial charge in [-0.15, -0.1) is 0 Å². The van der Waals surface area contributed by atoms with Gasteiger partial charge in [-0.05, 0) is 25.1 Å². The number of ether oxygens (including phenoxy) is 2. The minimum absolute atomic E-state index is 0.0219. The highest BCUT2D eigenvalue weighted by Gasteiger charge is 2.20. The van der Waals surface area contributed by atoms with Crippen molar-refractivity contribution >= 4 is 17.6 Å². The standard InChI is InChI=1S/C15H20N2O4/c1-11-10-17(6-7-21-11)14(18)9-16-13-5-3-4-12(8-13)15(19)20-2/h3-5,8,11,16H,6-7,9-10H2,1-2H3. The fourth-order valence-corrected chi connectivity index (χ4v) is 2.21. The number of benzene rings is 1. The Labute approximate surface area is 124 Å². The number of carbonyl (C=O) groups is 2. The molecule has 1 unspecified atom stereocenters. The maximum absolute atomic E-state index is 12.1. The molecule has 1 saturated heterocycles. The molecule has 0 spiro atoms. The Morgan fingerprint density at radius 2 is 2.29 bits per heavy atom.